The monoisotopic (exact) mass is 628 g/mol. The van der Waals surface area contributed by atoms with Gasteiger partial charge in [-0.25, -0.2) is 0 Å². The number of hydrogen-bond acceptors (Lipinski definition) is 6. The summed E-state index contributed by atoms with van der Waals surface area (Å²) in [6.07, 6.45) is 1.61. The number of benzene rings is 3. The SMILES string of the molecule is COc1cc(/C=C2\SC(=O)N(CC(=O)Nc3cc(C)ccc3C)C2=O)ccc1OCc1ccc(I)cc1. The van der Waals surface area contributed by atoms with Gasteiger partial charge in [-0.15, -0.1) is 0 Å². The summed E-state index contributed by atoms with van der Waals surface area (Å²) in [5.74, 6) is 0.124. The van der Waals surface area contributed by atoms with Crippen LogP contribution in [0.4, 0.5) is 10.5 Å². The number of amides is 3. The summed E-state index contributed by atoms with van der Waals surface area (Å²) in [5.41, 5.74) is 4.25. The molecule has 3 aromatic rings. The number of halogens is 1. The molecule has 0 unspecified atom stereocenters. The van der Waals surface area contributed by atoms with Crippen LogP contribution in [-0.4, -0.2) is 35.6 Å². The Morgan fingerprint density at radius 3 is 2.51 bits per heavy atom. The summed E-state index contributed by atoms with van der Waals surface area (Å²) >= 11 is 3.05. The maximum Gasteiger partial charge on any atom is 0.294 e. The Morgan fingerprint density at radius 1 is 1.03 bits per heavy atom. The van der Waals surface area contributed by atoms with Crippen molar-refractivity contribution < 1.29 is 23.9 Å². The van der Waals surface area contributed by atoms with E-state index in [0.717, 1.165) is 36.9 Å². The standard InChI is InChI=1S/C28H25IN2O5S/c1-17-4-5-18(2)22(12-17)30-26(32)15-31-27(33)25(37-28(31)34)14-20-8-11-23(24(13-20)35-3)36-16-19-6-9-21(29)10-7-19/h4-14H,15-16H2,1-3H3,(H,30,32)/b25-14-. The second-order valence-electron chi connectivity index (χ2n) is 8.46. The first kappa shape index (κ1) is 26.7. The van der Waals surface area contributed by atoms with Crippen LogP contribution in [0.1, 0.15) is 22.3 Å². The molecule has 9 heteroatoms. The summed E-state index contributed by atoms with van der Waals surface area (Å²) in [6, 6.07) is 19.0. The predicted molar refractivity (Wildman–Crippen MR) is 154 cm³/mol. The van der Waals surface area contributed by atoms with Crippen LogP contribution in [-0.2, 0) is 16.2 Å². The van der Waals surface area contributed by atoms with Gasteiger partial charge in [-0.1, -0.05) is 30.3 Å². The van der Waals surface area contributed by atoms with Gasteiger partial charge in [0.15, 0.2) is 11.5 Å². The lowest BCUT2D eigenvalue weighted by molar-refractivity contribution is -0.127. The number of methoxy groups -OCH3 is 1. The van der Waals surface area contributed by atoms with E-state index in [0.29, 0.717) is 29.4 Å². The number of ether oxygens (including phenoxy) is 2. The molecular formula is C28H25IN2O5S. The van der Waals surface area contributed by atoms with Gasteiger partial charge in [0.25, 0.3) is 11.1 Å². The summed E-state index contributed by atoms with van der Waals surface area (Å²) < 4.78 is 12.5. The molecule has 7 nitrogen and oxygen atoms in total. The molecule has 0 atom stereocenters. The van der Waals surface area contributed by atoms with Crippen molar-refractivity contribution in [1.82, 2.24) is 4.90 Å². The molecular weight excluding hydrogens is 603 g/mol. The Kier molecular flexibility index (Phi) is 8.55. The third kappa shape index (κ3) is 6.72. The number of nitrogens with one attached hydrogen (secondary N) is 1. The van der Waals surface area contributed by atoms with Crippen molar-refractivity contribution in [1.29, 1.82) is 0 Å². The van der Waals surface area contributed by atoms with Gasteiger partial charge >= 0.3 is 0 Å². The van der Waals surface area contributed by atoms with Gasteiger partial charge in [-0.2, -0.15) is 0 Å². The van der Waals surface area contributed by atoms with E-state index >= 15 is 0 Å². The van der Waals surface area contributed by atoms with Crippen molar-refractivity contribution in [3.05, 3.63) is 91.4 Å². The van der Waals surface area contributed by atoms with Crippen molar-refractivity contribution in [3.8, 4) is 11.5 Å². The zero-order valence-electron chi connectivity index (χ0n) is 20.5. The minimum absolute atomic E-state index is 0.235. The second-order valence-corrected chi connectivity index (χ2v) is 10.7. The van der Waals surface area contributed by atoms with Crippen LogP contribution in [0.15, 0.2) is 65.6 Å². The molecule has 1 heterocycles. The van der Waals surface area contributed by atoms with Crippen LogP contribution in [0.25, 0.3) is 6.08 Å². The van der Waals surface area contributed by atoms with Gasteiger partial charge in [0.05, 0.1) is 12.0 Å². The molecule has 37 heavy (non-hydrogen) atoms. The molecule has 1 N–H and O–H groups in total. The first-order valence-corrected chi connectivity index (χ1v) is 13.3. The van der Waals surface area contributed by atoms with Crippen LogP contribution in [0.2, 0.25) is 0 Å². The number of imide groups is 1. The predicted octanol–water partition coefficient (Wildman–Crippen LogP) is 6.17. The van der Waals surface area contributed by atoms with Gasteiger partial charge in [-0.3, -0.25) is 19.3 Å². The Balaban J connectivity index is 1.43. The van der Waals surface area contributed by atoms with Crippen LogP contribution in [0.3, 0.4) is 0 Å². The van der Waals surface area contributed by atoms with Crippen molar-refractivity contribution >= 4 is 63.2 Å². The zero-order valence-corrected chi connectivity index (χ0v) is 23.5. The average molecular weight is 628 g/mol. The smallest absolute Gasteiger partial charge is 0.294 e. The van der Waals surface area contributed by atoms with Gasteiger partial charge in [0, 0.05) is 9.26 Å². The number of carbonyl (C=O) groups is 3. The molecule has 4 rings (SSSR count). The van der Waals surface area contributed by atoms with E-state index < -0.39 is 17.1 Å². The lowest BCUT2D eigenvalue weighted by atomic mass is 10.1. The van der Waals surface area contributed by atoms with E-state index in [9.17, 15) is 14.4 Å². The maximum atomic E-state index is 12.9. The fourth-order valence-electron chi connectivity index (χ4n) is 3.63. The second kappa shape index (κ2) is 11.8. The summed E-state index contributed by atoms with van der Waals surface area (Å²) in [6.45, 7) is 3.83. The van der Waals surface area contributed by atoms with E-state index in [-0.39, 0.29) is 11.4 Å². The summed E-state index contributed by atoms with van der Waals surface area (Å²) in [5, 5.41) is 2.30. The molecule has 1 saturated heterocycles. The van der Waals surface area contributed by atoms with Crippen LogP contribution >= 0.6 is 34.4 Å². The topological polar surface area (TPSA) is 84.9 Å². The lowest BCUT2D eigenvalue weighted by Crippen LogP contribution is -2.36. The fourth-order valence-corrected chi connectivity index (χ4v) is 4.82. The molecule has 3 aromatic carbocycles. The highest BCUT2D eigenvalue weighted by Gasteiger charge is 2.36. The van der Waals surface area contributed by atoms with E-state index in [4.69, 9.17) is 9.47 Å². The number of anilines is 1. The number of thioether (sulfide) groups is 1. The molecule has 190 valence electrons. The molecule has 0 saturated carbocycles. The van der Waals surface area contributed by atoms with Crippen LogP contribution in [0.5, 0.6) is 11.5 Å². The number of aryl methyl sites for hydroxylation is 2. The quantitative estimate of drug-likeness (QED) is 0.237. The van der Waals surface area contributed by atoms with Crippen molar-refractivity contribution in [2.45, 2.75) is 20.5 Å². The fraction of sp³-hybridized carbons (Fsp3) is 0.179. The molecule has 1 aliphatic rings. The third-order valence-electron chi connectivity index (χ3n) is 5.64. The normalized spacial score (nSPS) is 14.3. The largest absolute Gasteiger partial charge is 0.493 e. The number of carbonyl (C=O) groups excluding carboxylic acids is 3. The molecule has 0 radical (unpaired) electrons. The minimum atomic E-state index is -0.510. The first-order valence-electron chi connectivity index (χ1n) is 11.4. The highest BCUT2D eigenvalue weighted by molar-refractivity contribution is 14.1. The molecule has 0 spiro atoms. The molecule has 3 amide bonds. The lowest BCUT2D eigenvalue weighted by Gasteiger charge is -2.14. The van der Waals surface area contributed by atoms with E-state index in [2.05, 4.69) is 27.9 Å². The molecule has 0 aromatic heterocycles. The Labute approximate surface area is 233 Å². The van der Waals surface area contributed by atoms with Crippen LogP contribution in [0, 0.1) is 17.4 Å². The molecule has 1 fully saturated rings. The highest BCUT2D eigenvalue weighted by atomic mass is 127. The Bertz CT molecular complexity index is 1390. The maximum absolute atomic E-state index is 12.9. The summed E-state index contributed by atoms with van der Waals surface area (Å²) in [7, 11) is 1.54. The van der Waals surface area contributed by atoms with Crippen LogP contribution < -0.4 is 14.8 Å². The van der Waals surface area contributed by atoms with Gasteiger partial charge in [0.2, 0.25) is 5.91 Å². The molecule has 0 aliphatic carbocycles. The zero-order chi connectivity index (χ0) is 26.5. The van der Waals surface area contributed by atoms with Gasteiger partial charge in [-0.05, 0) is 107 Å². The van der Waals surface area contributed by atoms with Crippen molar-refractivity contribution in [2.24, 2.45) is 0 Å². The van der Waals surface area contributed by atoms with E-state index in [1.165, 1.54) is 0 Å². The van der Waals surface area contributed by atoms with E-state index in [1.54, 1.807) is 31.4 Å². The number of rotatable bonds is 8. The van der Waals surface area contributed by atoms with Gasteiger partial charge in [0.1, 0.15) is 13.2 Å². The van der Waals surface area contributed by atoms with Crippen molar-refractivity contribution in [3.63, 3.8) is 0 Å². The number of nitrogens with zero attached hydrogens (tertiary/aromatic N) is 1. The molecule has 1 aliphatic heterocycles. The average Bonchev–Trinajstić information content (AvgIpc) is 3.13. The van der Waals surface area contributed by atoms with E-state index in [1.807, 2.05) is 56.3 Å². The molecule has 0 bridgehead atoms. The first-order chi connectivity index (χ1) is 17.7. The minimum Gasteiger partial charge on any atom is -0.493 e. The third-order valence-corrected chi connectivity index (χ3v) is 7.26. The Hall–Kier alpha value is -3.31. The van der Waals surface area contributed by atoms with Gasteiger partial charge < -0.3 is 14.8 Å². The Morgan fingerprint density at radius 2 is 1.78 bits per heavy atom. The summed E-state index contributed by atoms with van der Waals surface area (Å²) in [4.78, 5) is 39.2. The number of hydrogen-bond donors (Lipinski definition) is 1. The highest BCUT2D eigenvalue weighted by Crippen LogP contribution is 2.35. The van der Waals surface area contributed by atoms with Crippen molar-refractivity contribution in [2.75, 3.05) is 19.0 Å².